The SMILES string of the molecule is Cl.O=C(N[C@@H]1CCCCNC1)C1=CN(c2ncnc3[nH]ccc23)CCS1. The van der Waals surface area contributed by atoms with E-state index in [4.69, 9.17) is 0 Å². The van der Waals surface area contributed by atoms with Crippen molar-refractivity contribution in [3.63, 3.8) is 0 Å². The predicted octanol–water partition coefficient (Wildman–Crippen LogP) is 2.03. The van der Waals surface area contributed by atoms with Crippen LogP contribution in [0.25, 0.3) is 11.0 Å². The highest BCUT2D eigenvalue weighted by atomic mass is 35.5. The van der Waals surface area contributed by atoms with Crippen molar-refractivity contribution in [1.82, 2.24) is 25.6 Å². The van der Waals surface area contributed by atoms with E-state index in [1.807, 2.05) is 18.5 Å². The van der Waals surface area contributed by atoms with Crippen LogP contribution < -0.4 is 15.5 Å². The van der Waals surface area contributed by atoms with E-state index >= 15 is 0 Å². The molecule has 0 spiro atoms. The number of carbonyl (C=O) groups excluding carboxylic acids is 1. The summed E-state index contributed by atoms with van der Waals surface area (Å²) < 4.78 is 0. The van der Waals surface area contributed by atoms with E-state index in [1.54, 1.807) is 18.1 Å². The zero-order valence-corrected chi connectivity index (χ0v) is 16.0. The van der Waals surface area contributed by atoms with E-state index in [0.29, 0.717) is 0 Å². The first-order chi connectivity index (χ1) is 12.3. The summed E-state index contributed by atoms with van der Waals surface area (Å²) >= 11 is 1.61. The normalized spacial score (nSPS) is 20.8. The van der Waals surface area contributed by atoms with Crippen molar-refractivity contribution in [2.24, 2.45) is 0 Å². The Hall–Kier alpha value is -1.77. The van der Waals surface area contributed by atoms with Gasteiger partial charge in [0.15, 0.2) is 0 Å². The van der Waals surface area contributed by atoms with Crippen molar-refractivity contribution in [3.05, 3.63) is 29.7 Å². The second kappa shape index (κ2) is 8.75. The van der Waals surface area contributed by atoms with Crippen LogP contribution in [0.15, 0.2) is 29.7 Å². The lowest BCUT2D eigenvalue weighted by Crippen LogP contribution is -2.42. The smallest absolute Gasteiger partial charge is 0.259 e. The fourth-order valence-electron chi connectivity index (χ4n) is 3.27. The zero-order chi connectivity index (χ0) is 17.1. The van der Waals surface area contributed by atoms with E-state index < -0.39 is 0 Å². The van der Waals surface area contributed by atoms with Crippen LogP contribution in [0.4, 0.5) is 5.82 Å². The number of amides is 1. The van der Waals surface area contributed by atoms with Crippen LogP contribution in [0.2, 0.25) is 0 Å². The van der Waals surface area contributed by atoms with Crippen molar-refractivity contribution in [1.29, 1.82) is 0 Å². The van der Waals surface area contributed by atoms with Gasteiger partial charge in [-0.2, -0.15) is 0 Å². The maximum Gasteiger partial charge on any atom is 0.259 e. The molecule has 4 rings (SSSR count). The van der Waals surface area contributed by atoms with Crippen LogP contribution in [0.5, 0.6) is 0 Å². The first-order valence-electron chi connectivity index (χ1n) is 8.72. The van der Waals surface area contributed by atoms with Gasteiger partial charge >= 0.3 is 0 Å². The largest absolute Gasteiger partial charge is 0.348 e. The maximum atomic E-state index is 12.7. The standard InChI is InChI=1S/C17H22N6OS.ClH/c24-17(22-12-3-1-2-5-18-9-12)14-10-23(7-8-25-14)16-13-4-6-19-15(13)20-11-21-16;/h4,6,10-12,18H,1-3,5,7-9H2,(H,22,24)(H,19,20,21);1H/t12-;/m1./s1. The van der Waals surface area contributed by atoms with Crippen molar-refractivity contribution >= 4 is 46.9 Å². The molecule has 0 aromatic carbocycles. The Morgan fingerprint density at radius 2 is 2.27 bits per heavy atom. The van der Waals surface area contributed by atoms with Crippen LogP contribution in [0.1, 0.15) is 19.3 Å². The number of nitrogens with zero attached hydrogens (tertiary/aromatic N) is 3. The number of carbonyl (C=O) groups is 1. The highest BCUT2D eigenvalue weighted by Gasteiger charge is 2.22. The molecule has 1 atom stereocenters. The molecule has 9 heteroatoms. The quantitative estimate of drug-likeness (QED) is 0.738. The van der Waals surface area contributed by atoms with Gasteiger partial charge in [0, 0.05) is 37.3 Å². The van der Waals surface area contributed by atoms with Crippen molar-refractivity contribution in [2.45, 2.75) is 25.3 Å². The summed E-state index contributed by atoms with van der Waals surface area (Å²) in [4.78, 5) is 27.2. The molecule has 2 aliphatic rings. The van der Waals surface area contributed by atoms with Gasteiger partial charge in [-0.05, 0) is 25.5 Å². The fraction of sp³-hybridized carbons (Fsp3) is 0.471. The lowest BCUT2D eigenvalue weighted by molar-refractivity contribution is -0.117. The van der Waals surface area contributed by atoms with E-state index in [9.17, 15) is 4.79 Å². The molecule has 0 saturated carbocycles. The number of thioether (sulfide) groups is 1. The molecule has 140 valence electrons. The van der Waals surface area contributed by atoms with Crippen LogP contribution in [0.3, 0.4) is 0 Å². The number of hydrogen-bond donors (Lipinski definition) is 3. The molecule has 1 saturated heterocycles. The van der Waals surface area contributed by atoms with Gasteiger partial charge < -0.3 is 20.5 Å². The number of nitrogens with one attached hydrogen (secondary N) is 3. The molecule has 1 fully saturated rings. The third-order valence-electron chi connectivity index (χ3n) is 4.57. The van der Waals surface area contributed by atoms with Crippen LogP contribution in [-0.2, 0) is 4.79 Å². The highest BCUT2D eigenvalue weighted by Crippen LogP contribution is 2.29. The van der Waals surface area contributed by atoms with E-state index in [0.717, 1.165) is 60.0 Å². The predicted molar refractivity (Wildman–Crippen MR) is 108 cm³/mol. The first-order valence-corrected chi connectivity index (χ1v) is 9.71. The summed E-state index contributed by atoms with van der Waals surface area (Å²) in [5.74, 6) is 1.72. The highest BCUT2D eigenvalue weighted by molar-refractivity contribution is 8.04. The van der Waals surface area contributed by atoms with Crippen molar-refractivity contribution in [3.8, 4) is 0 Å². The molecular formula is C17H23ClN6OS. The number of hydrogen-bond acceptors (Lipinski definition) is 6. The number of anilines is 1. The summed E-state index contributed by atoms with van der Waals surface area (Å²) in [6.07, 6.45) is 8.71. The topological polar surface area (TPSA) is 85.9 Å². The number of fused-ring (bicyclic) bond motifs is 1. The molecule has 26 heavy (non-hydrogen) atoms. The van der Waals surface area contributed by atoms with Crippen LogP contribution in [-0.4, -0.2) is 52.3 Å². The molecule has 0 radical (unpaired) electrons. The Kier molecular flexibility index (Phi) is 6.39. The Balaban J connectivity index is 0.00000196. The summed E-state index contributed by atoms with van der Waals surface area (Å²) in [5.41, 5.74) is 0.812. The molecule has 2 aliphatic heterocycles. The third kappa shape index (κ3) is 4.13. The molecule has 2 aromatic heterocycles. The second-order valence-electron chi connectivity index (χ2n) is 6.34. The molecule has 3 N–H and O–H groups in total. The monoisotopic (exact) mass is 394 g/mol. The number of H-pyrrole nitrogens is 1. The van der Waals surface area contributed by atoms with Gasteiger partial charge in [-0.1, -0.05) is 6.42 Å². The first kappa shape index (κ1) is 19.0. The summed E-state index contributed by atoms with van der Waals surface area (Å²) in [6, 6.07) is 2.18. The Morgan fingerprint density at radius 3 is 3.19 bits per heavy atom. The summed E-state index contributed by atoms with van der Waals surface area (Å²) in [7, 11) is 0. The zero-order valence-electron chi connectivity index (χ0n) is 14.4. The molecule has 2 aromatic rings. The van der Waals surface area contributed by atoms with Gasteiger partial charge in [-0.3, -0.25) is 4.79 Å². The van der Waals surface area contributed by atoms with Crippen molar-refractivity contribution < 1.29 is 4.79 Å². The fourth-order valence-corrected chi connectivity index (χ4v) is 4.17. The molecular weight excluding hydrogens is 372 g/mol. The molecule has 0 unspecified atom stereocenters. The number of aromatic amines is 1. The number of halogens is 1. The van der Waals surface area contributed by atoms with Gasteiger partial charge in [0.05, 0.1) is 10.3 Å². The van der Waals surface area contributed by atoms with Crippen LogP contribution >= 0.6 is 24.2 Å². The second-order valence-corrected chi connectivity index (χ2v) is 7.48. The van der Waals surface area contributed by atoms with Gasteiger partial charge in [0.2, 0.25) is 0 Å². The minimum absolute atomic E-state index is 0. The van der Waals surface area contributed by atoms with Gasteiger partial charge in [0.25, 0.3) is 5.91 Å². The molecule has 0 bridgehead atoms. The average Bonchev–Trinajstić information content (AvgIpc) is 2.99. The minimum atomic E-state index is 0. The maximum absolute atomic E-state index is 12.7. The van der Waals surface area contributed by atoms with E-state index in [2.05, 4.69) is 30.5 Å². The molecule has 7 nitrogen and oxygen atoms in total. The Bertz CT molecular complexity index is 786. The van der Waals surface area contributed by atoms with Gasteiger partial charge in [-0.15, -0.1) is 24.2 Å². The summed E-state index contributed by atoms with van der Waals surface area (Å²) in [6.45, 7) is 2.71. The van der Waals surface area contributed by atoms with Crippen LogP contribution in [0, 0.1) is 0 Å². The minimum Gasteiger partial charge on any atom is -0.348 e. The summed E-state index contributed by atoms with van der Waals surface area (Å²) in [5, 5.41) is 7.53. The molecule has 0 aliphatic carbocycles. The van der Waals surface area contributed by atoms with E-state index in [1.165, 1.54) is 6.42 Å². The average molecular weight is 395 g/mol. The van der Waals surface area contributed by atoms with Crippen molar-refractivity contribution in [2.75, 3.05) is 30.3 Å². The Morgan fingerprint density at radius 1 is 1.35 bits per heavy atom. The molecule has 4 heterocycles. The molecule has 1 amide bonds. The number of rotatable bonds is 3. The third-order valence-corrected chi connectivity index (χ3v) is 5.56. The van der Waals surface area contributed by atoms with E-state index in [-0.39, 0.29) is 24.4 Å². The lowest BCUT2D eigenvalue weighted by Gasteiger charge is -2.26. The Labute approximate surface area is 162 Å². The van der Waals surface area contributed by atoms with Gasteiger partial charge in [0.1, 0.15) is 17.8 Å². The van der Waals surface area contributed by atoms with Gasteiger partial charge in [-0.25, -0.2) is 9.97 Å². The number of aromatic nitrogens is 3. The lowest BCUT2D eigenvalue weighted by atomic mass is 10.1.